The van der Waals surface area contributed by atoms with Gasteiger partial charge in [0.05, 0.1) is 12.5 Å². The fraction of sp³-hybridized carbons (Fsp3) is 0.412. The zero-order chi connectivity index (χ0) is 17.1. The first-order chi connectivity index (χ1) is 11.6. The van der Waals surface area contributed by atoms with Gasteiger partial charge in [0, 0.05) is 33.0 Å². The number of hydrogen-bond acceptors (Lipinski definition) is 4. The van der Waals surface area contributed by atoms with E-state index in [2.05, 4.69) is 10.4 Å². The molecule has 0 spiro atoms. The van der Waals surface area contributed by atoms with Gasteiger partial charge in [-0.1, -0.05) is 30.3 Å². The summed E-state index contributed by atoms with van der Waals surface area (Å²) in [5.41, 5.74) is 1.29. The van der Waals surface area contributed by atoms with Crippen molar-refractivity contribution in [1.82, 2.24) is 15.2 Å². The number of nitrogens with zero attached hydrogens (tertiary/aromatic N) is 3. The number of amides is 3. The molecule has 1 aromatic carbocycles. The van der Waals surface area contributed by atoms with E-state index in [1.807, 2.05) is 30.3 Å². The molecule has 0 radical (unpaired) electrons. The van der Waals surface area contributed by atoms with Crippen molar-refractivity contribution in [2.75, 3.05) is 20.1 Å². The van der Waals surface area contributed by atoms with E-state index in [1.165, 1.54) is 5.01 Å². The normalized spacial score (nSPS) is 21.9. The van der Waals surface area contributed by atoms with Gasteiger partial charge in [-0.2, -0.15) is 5.10 Å². The number of benzene rings is 1. The molecular weight excluding hydrogens is 308 g/mol. The summed E-state index contributed by atoms with van der Waals surface area (Å²) < 4.78 is 0. The van der Waals surface area contributed by atoms with E-state index >= 15 is 0 Å². The smallest absolute Gasteiger partial charge is 0.270 e. The SMILES string of the molecule is CN1N=C(C(=O)N2CCNC(=O)C[C@H]2c2ccccc2)CCC1=O. The lowest BCUT2D eigenvalue weighted by Gasteiger charge is -2.31. The zero-order valence-electron chi connectivity index (χ0n) is 13.6. The van der Waals surface area contributed by atoms with Gasteiger partial charge in [0.25, 0.3) is 5.91 Å². The number of hydrogen-bond donors (Lipinski definition) is 1. The summed E-state index contributed by atoms with van der Waals surface area (Å²) in [6, 6.07) is 9.20. The second-order valence-electron chi connectivity index (χ2n) is 5.94. The fourth-order valence-corrected chi connectivity index (χ4v) is 3.04. The summed E-state index contributed by atoms with van der Waals surface area (Å²) in [4.78, 5) is 38.2. The van der Waals surface area contributed by atoms with Gasteiger partial charge in [-0.05, 0) is 5.56 Å². The minimum absolute atomic E-state index is 0.0722. The van der Waals surface area contributed by atoms with E-state index in [0.29, 0.717) is 25.2 Å². The Morgan fingerprint density at radius 1 is 1.21 bits per heavy atom. The van der Waals surface area contributed by atoms with Crippen molar-refractivity contribution in [2.24, 2.45) is 5.10 Å². The van der Waals surface area contributed by atoms with Gasteiger partial charge >= 0.3 is 0 Å². The topological polar surface area (TPSA) is 82.1 Å². The molecular formula is C17H20N4O3. The maximum Gasteiger partial charge on any atom is 0.270 e. The highest BCUT2D eigenvalue weighted by Crippen LogP contribution is 2.26. The van der Waals surface area contributed by atoms with Gasteiger partial charge in [-0.3, -0.25) is 14.4 Å². The third-order valence-electron chi connectivity index (χ3n) is 4.33. The zero-order valence-corrected chi connectivity index (χ0v) is 13.6. The Bertz CT molecular complexity index is 686. The van der Waals surface area contributed by atoms with E-state index in [1.54, 1.807) is 11.9 Å². The van der Waals surface area contributed by atoms with Crippen molar-refractivity contribution in [3.8, 4) is 0 Å². The molecule has 1 atom stereocenters. The summed E-state index contributed by atoms with van der Waals surface area (Å²) in [6.07, 6.45) is 0.835. The molecule has 24 heavy (non-hydrogen) atoms. The van der Waals surface area contributed by atoms with Gasteiger partial charge in [-0.25, -0.2) is 5.01 Å². The van der Waals surface area contributed by atoms with Crippen molar-refractivity contribution in [1.29, 1.82) is 0 Å². The first-order valence-corrected chi connectivity index (χ1v) is 8.03. The van der Waals surface area contributed by atoms with Crippen LogP contribution in [0, 0.1) is 0 Å². The predicted molar refractivity (Wildman–Crippen MR) is 88.0 cm³/mol. The quantitative estimate of drug-likeness (QED) is 0.867. The van der Waals surface area contributed by atoms with E-state index in [9.17, 15) is 14.4 Å². The molecule has 0 aromatic heterocycles. The molecule has 1 saturated heterocycles. The van der Waals surface area contributed by atoms with Crippen LogP contribution in [-0.4, -0.2) is 53.5 Å². The van der Waals surface area contributed by atoms with E-state index in [-0.39, 0.29) is 36.6 Å². The second-order valence-corrected chi connectivity index (χ2v) is 5.94. The van der Waals surface area contributed by atoms with Crippen molar-refractivity contribution < 1.29 is 14.4 Å². The van der Waals surface area contributed by atoms with Crippen LogP contribution in [0.2, 0.25) is 0 Å². The molecule has 126 valence electrons. The minimum atomic E-state index is -0.327. The molecule has 3 amide bonds. The lowest BCUT2D eigenvalue weighted by atomic mass is 10.0. The number of nitrogens with one attached hydrogen (secondary N) is 1. The Morgan fingerprint density at radius 3 is 2.67 bits per heavy atom. The summed E-state index contributed by atoms with van der Waals surface area (Å²) >= 11 is 0. The molecule has 0 bridgehead atoms. The summed E-state index contributed by atoms with van der Waals surface area (Å²) in [5, 5.41) is 8.15. The molecule has 1 N–H and O–H groups in total. The second kappa shape index (κ2) is 6.82. The number of carbonyl (C=O) groups excluding carboxylic acids is 3. The van der Waals surface area contributed by atoms with Crippen LogP contribution >= 0.6 is 0 Å². The third kappa shape index (κ3) is 3.29. The Balaban J connectivity index is 1.90. The first kappa shape index (κ1) is 16.2. The van der Waals surface area contributed by atoms with Crippen molar-refractivity contribution >= 4 is 23.4 Å². The van der Waals surface area contributed by atoms with Gasteiger partial charge in [-0.15, -0.1) is 0 Å². The number of rotatable bonds is 2. The molecule has 1 aromatic rings. The molecule has 0 unspecified atom stereocenters. The van der Waals surface area contributed by atoms with Crippen LogP contribution in [0.15, 0.2) is 35.4 Å². The molecule has 0 saturated carbocycles. The van der Waals surface area contributed by atoms with Gasteiger partial charge in [0.2, 0.25) is 11.8 Å². The third-order valence-corrected chi connectivity index (χ3v) is 4.33. The Morgan fingerprint density at radius 2 is 1.96 bits per heavy atom. The van der Waals surface area contributed by atoms with Crippen LogP contribution in [0.3, 0.4) is 0 Å². The Kier molecular flexibility index (Phi) is 4.59. The van der Waals surface area contributed by atoms with Crippen LogP contribution in [0.25, 0.3) is 0 Å². The average Bonchev–Trinajstić information content (AvgIpc) is 2.79. The van der Waals surface area contributed by atoms with Gasteiger partial charge < -0.3 is 10.2 Å². The summed E-state index contributed by atoms with van der Waals surface area (Å²) in [6.45, 7) is 0.830. The first-order valence-electron chi connectivity index (χ1n) is 8.03. The van der Waals surface area contributed by atoms with Crippen LogP contribution < -0.4 is 5.32 Å². The Hall–Kier alpha value is -2.70. The molecule has 3 rings (SSSR count). The fourth-order valence-electron chi connectivity index (χ4n) is 3.04. The van der Waals surface area contributed by atoms with Crippen LogP contribution in [-0.2, 0) is 14.4 Å². The van der Waals surface area contributed by atoms with Gasteiger partial charge in [0.15, 0.2) is 0 Å². The number of hydrazone groups is 1. The average molecular weight is 328 g/mol. The minimum Gasteiger partial charge on any atom is -0.354 e. The van der Waals surface area contributed by atoms with Crippen molar-refractivity contribution in [2.45, 2.75) is 25.3 Å². The van der Waals surface area contributed by atoms with E-state index in [0.717, 1.165) is 5.56 Å². The molecule has 2 aliphatic rings. The monoisotopic (exact) mass is 328 g/mol. The molecule has 7 heteroatoms. The van der Waals surface area contributed by atoms with Crippen molar-refractivity contribution in [3.05, 3.63) is 35.9 Å². The molecule has 2 aliphatic heterocycles. The molecule has 0 aliphatic carbocycles. The summed E-state index contributed by atoms with van der Waals surface area (Å²) in [5.74, 6) is -0.379. The van der Waals surface area contributed by atoms with Crippen LogP contribution in [0.4, 0.5) is 0 Å². The molecule has 2 heterocycles. The molecule has 7 nitrogen and oxygen atoms in total. The number of carbonyl (C=O) groups is 3. The lowest BCUT2D eigenvalue weighted by molar-refractivity contribution is -0.131. The Labute approximate surface area is 140 Å². The van der Waals surface area contributed by atoms with E-state index in [4.69, 9.17) is 0 Å². The van der Waals surface area contributed by atoms with Crippen molar-refractivity contribution in [3.63, 3.8) is 0 Å². The standard InChI is InChI=1S/C17H20N4O3/c1-20-16(23)8-7-13(19-20)17(24)21-10-9-18-15(22)11-14(21)12-5-3-2-4-6-12/h2-6,14H,7-11H2,1H3,(H,18,22)/t14-/m0/s1. The largest absolute Gasteiger partial charge is 0.354 e. The highest BCUT2D eigenvalue weighted by molar-refractivity contribution is 6.39. The van der Waals surface area contributed by atoms with Crippen LogP contribution in [0.5, 0.6) is 0 Å². The van der Waals surface area contributed by atoms with Gasteiger partial charge in [0.1, 0.15) is 5.71 Å². The maximum atomic E-state index is 13.0. The lowest BCUT2D eigenvalue weighted by Crippen LogP contribution is -2.43. The highest BCUT2D eigenvalue weighted by atomic mass is 16.2. The highest BCUT2D eigenvalue weighted by Gasteiger charge is 2.33. The summed E-state index contributed by atoms with van der Waals surface area (Å²) in [7, 11) is 1.55. The predicted octanol–water partition coefficient (Wildman–Crippen LogP) is 0.684. The van der Waals surface area contributed by atoms with E-state index < -0.39 is 0 Å². The van der Waals surface area contributed by atoms with Crippen LogP contribution in [0.1, 0.15) is 30.9 Å². The molecule has 1 fully saturated rings. The maximum absolute atomic E-state index is 13.0.